The molecule has 2 aliphatic rings. The molecule has 1 atom stereocenters. The fourth-order valence-corrected chi connectivity index (χ4v) is 4.41. The zero-order chi connectivity index (χ0) is 22.2. The van der Waals surface area contributed by atoms with Crippen LogP contribution in [0.25, 0.3) is 11.3 Å². The number of piperidine rings is 1. The van der Waals surface area contributed by atoms with E-state index in [1.54, 1.807) is 53.4 Å². The van der Waals surface area contributed by atoms with Gasteiger partial charge in [0.25, 0.3) is 5.91 Å². The summed E-state index contributed by atoms with van der Waals surface area (Å²) >= 11 is 0. The highest BCUT2D eigenvalue weighted by Crippen LogP contribution is 2.36. The number of ketones is 1. The quantitative estimate of drug-likeness (QED) is 0.620. The van der Waals surface area contributed by atoms with E-state index in [0.29, 0.717) is 42.3 Å². The molecule has 1 fully saturated rings. The molecule has 2 aliphatic heterocycles. The van der Waals surface area contributed by atoms with Crippen LogP contribution < -0.4 is 9.47 Å². The van der Waals surface area contributed by atoms with Gasteiger partial charge in [0.1, 0.15) is 17.6 Å². The van der Waals surface area contributed by atoms with Gasteiger partial charge in [0.05, 0.1) is 24.4 Å². The number of hydrogen-bond acceptors (Lipinski definition) is 7. The Bertz CT molecular complexity index is 1160. The van der Waals surface area contributed by atoms with Crippen LogP contribution in [0.4, 0.5) is 0 Å². The summed E-state index contributed by atoms with van der Waals surface area (Å²) in [6, 6.07) is 6.97. The second-order valence-electron chi connectivity index (χ2n) is 8.25. The van der Waals surface area contributed by atoms with Crippen molar-refractivity contribution in [2.45, 2.75) is 25.4 Å². The second-order valence-corrected chi connectivity index (χ2v) is 8.25. The van der Waals surface area contributed by atoms with Gasteiger partial charge in [0.2, 0.25) is 0 Å². The molecule has 1 amide bonds. The lowest BCUT2D eigenvalue weighted by Gasteiger charge is -2.37. The maximum Gasteiger partial charge on any atom is 0.276 e. The number of aromatic nitrogens is 3. The minimum Gasteiger partial charge on any atom is -0.497 e. The summed E-state index contributed by atoms with van der Waals surface area (Å²) < 4.78 is 18.4. The topological polar surface area (TPSA) is 99.7 Å². The fourth-order valence-electron chi connectivity index (χ4n) is 4.41. The first-order valence-corrected chi connectivity index (χ1v) is 10.6. The number of carbonyl (C=O) groups excluding carboxylic acids is 2. The minimum absolute atomic E-state index is 0.0687. The van der Waals surface area contributed by atoms with Crippen molar-refractivity contribution in [1.82, 2.24) is 19.8 Å². The van der Waals surface area contributed by atoms with Crippen molar-refractivity contribution in [2.75, 3.05) is 20.2 Å². The minimum atomic E-state index is -0.176. The van der Waals surface area contributed by atoms with Gasteiger partial charge in [-0.3, -0.25) is 14.3 Å². The Morgan fingerprint density at radius 1 is 1.22 bits per heavy atom. The molecule has 5 rings (SSSR count). The smallest absolute Gasteiger partial charge is 0.276 e. The molecule has 1 saturated heterocycles. The molecule has 0 N–H and O–H groups in total. The first kappa shape index (κ1) is 20.3. The van der Waals surface area contributed by atoms with Gasteiger partial charge in [-0.1, -0.05) is 5.16 Å². The highest BCUT2D eigenvalue weighted by Gasteiger charge is 2.36. The summed E-state index contributed by atoms with van der Waals surface area (Å²) in [5, 5.41) is 8.06. The largest absolute Gasteiger partial charge is 0.497 e. The predicted octanol–water partition coefficient (Wildman–Crippen LogP) is 2.97. The van der Waals surface area contributed by atoms with Crippen LogP contribution in [0.3, 0.4) is 0 Å². The highest BCUT2D eigenvalue weighted by molar-refractivity contribution is 6.00. The molecule has 0 bridgehead atoms. The summed E-state index contributed by atoms with van der Waals surface area (Å²) in [4.78, 5) is 27.3. The number of Topliss-reactive ketones (excluding diaryl/α,β-unsaturated/α-hetero) is 1. The number of rotatable bonds is 4. The van der Waals surface area contributed by atoms with Crippen LogP contribution in [0.1, 0.15) is 40.1 Å². The van der Waals surface area contributed by atoms with Crippen LogP contribution >= 0.6 is 0 Å². The number of benzene rings is 1. The Balaban J connectivity index is 1.21. The summed E-state index contributed by atoms with van der Waals surface area (Å²) in [6.45, 7) is 1.17. The number of likely N-dealkylation sites (tertiary alicyclic amines) is 1. The maximum absolute atomic E-state index is 12.9. The van der Waals surface area contributed by atoms with Gasteiger partial charge in [-0.25, -0.2) is 0 Å². The Kier molecular flexibility index (Phi) is 5.16. The van der Waals surface area contributed by atoms with Crippen LogP contribution in [-0.2, 0) is 7.05 Å². The maximum atomic E-state index is 12.9. The van der Waals surface area contributed by atoms with Gasteiger partial charge >= 0.3 is 0 Å². The van der Waals surface area contributed by atoms with Crippen LogP contribution in [0.15, 0.2) is 41.2 Å². The van der Waals surface area contributed by atoms with E-state index in [1.165, 1.54) is 0 Å². The molecule has 166 valence electrons. The molecule has 32 heavy (non-hydrogen) atoms. The number of nitrogens with zero attached hydrogens (tertiary/aromatic N) is 4. The number of carbonyl (C=O) groups is 2. The Hall–Kier alpha value is -3.62. The number of fused-ring (bicyclic) bond motifs is 1. The van der Waals surface area contributed by atoms with Crippen molar-refractivity contribution >= 4 is 11.7 Å². The molecular weight excluding hydrogens is 412 g/mol. The number of aryl methyl sites for hydroxylation is 1. The lowest BCUT2D eigenvalue weighted by Crippen LogP contribution is -2.44. The third-order valence-corrected chi connectivity index (χ3v) is 6.22. The number of methoxy groups -OCH3 is 1. The zero-order valence-corrected chi connectivity index (χ0v) is 18.0. The van der Waals surface area contributed by atoms with E-state index >= 15 is 0 Å². The van der Waals surface area contributed by atoms with Crippen molar-refractivity contribution in [3.05, 3.63) is 47.9 Å². The SMILES string of the molecule is COc1ccc2c(c1)C(=O)CC(C1CCN(C(=O)c3cc(-c4cnn(C)c4)on3)CC1)O2. The Labute approximate surface area is 184 Å². The third-order valence-electron chi connectivity index (χ3n) is 6.22. The summed E-state index contributed by atoms with van der Waals surface area (Å²) in [6.07, 6.45) is 5.17. The van der Waals surface area contributed by atoms with Crippen molar-refractivity contribution in [2.24, 2.45) is 13.0 Å². The standard InChI is InChI=1S/C23H24N4O5/c1-26-13-15(12-24-26)22-10-18(25-32-22)23(29)27-7-5-14(6-8-27)21-11-19(28)17-9-16(30-2)3-4-20(17)31-21/h3-4,9-10,12-14,21H,5-8,11H2,1-2H3. The summed E-state index contributed by atoms with van der Waals surface area (Å²) in [5.41, 5.74) is 1.63. The van der Waals surface area contributed by atoms with Crippen molar-refractivity contribution in [3.8, 4) is 22.8 Å². The number of amides is 1. The molecule has 4 heterocycles. The lowest BCUT2D eigenvalue weighted by atomic mass is 9.86. The normalized spacial score (nSPS) is 18.9. The van der Waals surface area contributed by atoms with Crippen molar-refractivity contribution < 1.29 is 23.6 Å². The Morgan fingerprint density at radius 3 is 2.75 bits per heavy atom. The molecule has 3 aromatic rings. The average Bonchev–Trinajstić information content (AvgIpc) is 3.48. The first-order valence-electron chi connectivity index (χ1n) is 10.6. The molecule has 0 radical (unpaired) electrons. The second kappa shape index (κ2) is 8.14. The van der Waals surface area contributed by atoms with Gasteiger partial charge < -0.3 is 18.9 Å². The predicted molar refractivity (Wildman–Crippen MR) is 114 cm³/mol. The van der Waals surface area contributed by atoms with Gasteiger partial charge in [-0.05, 0) is 37.0 Å². The molecule has 0 aliphatic carbocycles. The third kappa shape index (κ3) is 3.74. The molecule has 9 nitrogen and oxygen atoms in total. The number of hydrogen-bond donors (Lipinski definition) is 0. The lowest BCUT2D eigenvalue weighted by molar-refractivity contribution is 0.0447. The summed E-state index contributed by atoms with van der Waals surface area (Å²) in [7, 11) is 3.39. The highest BCUT2D eigenvalue weighted by atomic mass is 16.5. The van der Waals surface area contributed by atoms with E-state index in [1.807, 2.05) is 7.05 Å². The van der Waals surface area contributed by atoms with E-state index in [4.69, 9.17) is 14.0 Å². The van der Waals surface area contributed by atoms with Gasteiger partial charge in [0, 0.05) is 38.8 Å². The summed E-state index contributed by atoms with van der Waals surface area (Å²) in [5.74, 6) is 1.89. The molecule has 1 unspecified atom stereocenters. The van der Waals surface area contributed by atoms with Crippen LogP contribution in [0.2, 0.25) is 0 Å². The monoisotopic (exact) mass is 436 g/mol. The molecule has 0 saturated carbocycles. The molecule has 9 heteroatoms. The van der Waals surface area contributed by atoms with E-state index < -0.39 is 0 Å². The molecule has 1 aromatic carbocycles. The van der Waals surface area contributed by atoms with Gasteiger partial charge in [0.15, 0.2) is 17.2 Å². The van der Waals surface area contributed by atoms with Crippen LogP contribution in [0, 0.1) is 5.92 Å². The van der Waals surface area contributed by atoms with E-state index in [9.17, 15) is 9.59 Å². The zero-order valence-electron chi connectivity index (χ0n) is 18.0. The Morgan fingerprint density at radius 2 is 2.03 bits per heavy atom. The fraction of sp³-hybridized carbons (Fsp3) is 0.391. The van der Waals surface area contributed by atoms with Crippen molar-refractivity contribution in [1.29, 1.82) is 0 Å². The first-order chi connectivity index (χ1) is 15.5. The number of ether oxygens (including phenoxy) is 2. The molecule has 2 aromatic heterocycles. The average molecular weight is 436 g/mol. The van der Waals surface area contributed by atoms with E-state index in [-0.39, 0.29) is 29.4 Å². The van der Waals surface area contributed by atoms with E-state index in [0.717, 1.165) is 18.4 Å². The van der Waals surface area contributed by atoms with Crippen LogP contribution in [0.5, 0.6) is 11.5 Å². The molecule has 0 spiro atoms. The van der Waals surface area contributed by atoms with Crippen LogP contribution in [-0.4, -0.2) is 57.8 Å². The van der Waals surface area contributed by atoms with Gasteiger partial charge in [-0.15, -0.1) is 0 Å². The van der Waals surface area contributed by atoms with Gasteiger partial charge in [-0.2, -0.15) is 5.10 Å². The van der Waals surface area contributed by atoms with Crippen molar-refractivity contribution in [3.63, 3.8) is 0 Å². The molecular formula is C23H24N4O5. The van der Waals surface area contributed by atoms with E-state index in [2.05, 4.69) is 10.3 Å².